The van der Waals surface area contributed by atoms with E-state index in [-0.39, 0.29) is 12.5 Å². The largest absolute Gasteiger partial charge is 0.494 e. The third-order valence-corrected chi connectivity index (χ3v) is 7.18. The van der Waals surface area contributed by atoms with E-state index in [1.165, 1.54) is 0 Å². The Balaban J connectivity index is 1.19. The van der Waals surface area contributed by atoms with Crippen molar-refractivity contribution in [2.24, 2.45) is 0 Å². The molecule has 6 nitrogen and oxygen atoms in total. The highest BCUT2D eigenvalue weighted by atomic mass is 35.5. The van der Waals surface area contributed by atoms with Gasteiger partial charge in [-0.2, -0.15) is 0 Å². The number of imidazole rings is 1. The minimum absolute atomic E-state index is 0.0374. The molecule has 0 spiro atoms. The number of nitrogens with zero attached hydrogens (tertiary/aromatic N) is 2. The molecule has 0 saturated carbocycles. The van der Waals surface area contributed by atoms with Crippen molar-refractivity contribution in [2.45, 2.75) is 59.4 Å². The van der Waals surface area contributed by atoms with Crippen LogP contribution in [0.25, 0.3) is 11.0 Å². The van der Waals surface area contributed by atoms with Gasteiger partial charge in [0, 0.05) is 24.5 Å². The Hall–Kier alpha value is -3.51. The number of halogens is 1. The molecule has 0 aliphatic carbocycles. The van der Waals surface area contributed by atoms with Crippen LogP contribution < -0.4 is 14.8 Å². The van der Waals surface area contributed by atoms with Gasteiger partial charge in [-0.3, -0.25) is 4.79 Å². The number of hydrogen-bond donors (Lipinski definition) is 1. The van der Waals surface area contributed by atoms with Crippen molar-refractivity contribution in [3.05, 3.63) is 88.2 Å². The van der Waals surface area contributed by atoms with Gasteiger partial charge in [-0.25, -0.2) is 4.98 Å². The van der Waals surface area contributed by atoms with Gasteiger partial charge in [-0.15, -0.1) is 0 Å². The number of aromatic nitrogens is 2. The highest BCUT2D eigenvalue weighted by Gasteiger charge is 2.11. The van der Waals surface area contributed by atoms with Gasteiger partial charge in [-0.1, -0.05) is 42.3 Å². The summed E-state index contributed by atoms with van der Waals surface area (Å²) in [6.07, 6.45) is 4.73. The molecule has 0 saturated heterocycles. The molecule has 0 aliphatic heterocycles. The Morgan fingerprint density at radius 1 is 0.923 bits per heavy atom. The first-order chi connectivity index (χ1) is 18.9. The lowest BCUT2D eigenvalue weighted by atomic mass is 10.1. The quantitative estimate of drug-likeness (QED) is 0.173. The summed E-state index contributed by atoms with van der Waals surface area (Å²) in [6, 6.07) is 20.1. The Labute approximate surface area is 236 Å². The predicted octanol–water partition coefficient (Wildman–Crippen LogP) is 6.99. The number of nitrogens with one attached hydrogen (secondary N) is 1. The molecule has 0 fully saturated rings. The summed E-state index contributed by atoms with van der Waals surface area (Å²) in [5, 5.41) is 3.72. The van der Waals surface area contributed by atoms with Crippen molar-refractivity contribution in [2.75, 3.05) is 19.8 Å². The molecular formula is C32H38ClN3O3. The van der Waals surface area contributed by atoms with Gasteiger partial charge in [0.25, 0.3) is 5.91 Å². The van der Waals surface area contributed by atoms with Crippen molar-refractivity contribution in [3.8, 4) is 11.5 Å². The first-order valence-corrected chi connectivity index (χ1v) is 14.1. The number of carbonyl (C=O) groups is 1. The Bertz CT molecular complexity index is 1400. The SMILES string of the molecule is Cc1ccc(C)c(OCC(=O)NCCCCCc2nc3ccccc3n2CCCOc2ccc(Cl)c(C)c2)c1. The average molecular weight is 548 g/mol. The van der Waals surface area contributed by atoms with Crippen LogP contribution in [-0.2, 0) is 17.8 Å². The van der Waals surface area contributed by atoms with E-state index in [2.05, 4.69) is 28.1 Å². The minimum atomic E-state index is -0.0892. The van der Waals surface area contributed by atoms with Crippen LogP contribution in [0.3, 0.4) is 0 Å². The summed E-state index contributed by atoms with van der Waals surface area (Å²) >= 11 is 6.12. The van der Waals surface area contributed by atoms with E-state index in [0.717, 1.165) is 88.7 Å². The Morgan fingerprint density at radius 3 is 2.62 bits per heavy atom. The van der Waals surface area contributed by atoms with Crippen LogP contribution in [0.15, 0.2) is 60.7 Å². The lowest BCUT2D eigenvalue weighted by Gasteiger charge is -2.11. The standard InChI is InChI=1S/C32H38ClN3O3/c1-23-13-14-24(2)30(20-23)39-22-32(37)34-17-8-4-5-12-31-35-28-10-6-7-11-29(28)36(31)18-9-19-38-26-15-16-27(33)25(3)21-26/h6-7,10-11,13-16,20-21H,4-5,8-9,12,17-19,22H2,1-3H3,(H,34,37). The van der Waals surface area contributed by atoms with E-state index in [0.29, 0.717) is 13.2 Å². The van der Waals surface area contributed by atoms with Crippen molar-refractivity contribution >= 4 is 28.5 Å². The maximum atomic E-state index is 12.2. The average Bonchev–Trinajstić information content (AvgIpc) is 3.28. The zero-order chi connectivity index (χ0) is 27.6. The molecule has 4 rings (SSSR count). The second-order valence-corrected chi connectivity index (χ2v) is 10.4. The number of hydrogen-bond acceptors (Lipinski definition) is 4. The van der Waals surface area contributed by atoms with Gasteiger partial charge in [0.05, 0.1) is 17.6 Å². The van der Waals surface area contributed by atoms with Crippen LogP contribution in [-0.4, -0.2) is 35.2 Å². The molecule has 0 aliphatic rings. The van der Waals surface area contributed by atoms with Crippen molar-refractivity contribution in [1.29, 1.82) is 0 Å². The molecule has 3 aromatic carbocycles. The summed E-state index contributed by atoms with van der Waals surface area (Å²) in [4.78, 5) is 17.1. The second kappa shape index (κ2) is 14.0. The first-order valence-electron chi connectivity index (χ1n) is 13.7. The highest BCUT2D eigenvalue weighted by Crippen LogP contribution is 2.22. The van der Waals surface area contributed by atoms with Crippen LogP contribution in [0.4, 0.5) is 0 Å². The van der Waals surface area contributed by atoms with Gasteiger partial charge in [0.2, 0.25) is 0 Å². The number of carbonyl (C=O) groups excluding carboxylic acids is 1. The van der Waals surface area contributed by atoms with Crippen LogP contribution >= 0.6 is 11.6 Å². The molecule has 0 unspecified atom stereocenters. The van der Waals surface area contributed by atoms with Gasteiger partial charge in [0.15, 0.2) is 6.61 Å². The van der Waals surface area contributed by atoms with E-state index >= 15 is 0 Å². The van der Waals surface area contributed by atoms with E-state index in [1.807, 2.05) is 63.2 Å². The van der Waals surface area contributed by atoms with Gasteiger partial charge in [0.1, 0.15) is 17.3 Å². The van der Waals surface area contributed by atoms with Crippen LogP contribution in [0.2, 0.25) is 5.02 Å². The van der Waals surface area contributed by atoms with E-state index in [9.17, 15) is 4.79 Å². The fourth-order valence-corrected chi connectivity index (χ4v) is 4.67. The number of benzene rings is 3. The molecule has 7 heteroatoms. The third-order valence-electron chi connectivity index (χ3n) is 6.76. The third kappa shape index (κ3) is 8.24. The molecule has 39 heavy (non-hydrogen) atoms. The van der Waals surface area contributed by atoms with Crippen molar-refractivity contribution in [1.82, 2.24) is 14.9 Å². The van der Waals surface area contributed by atoms with E-state index < -0.39 is 0 Å². The molecular weight excluding hydrogens is 510 g/mol. The molecule has 1 heterocycles. The lowest BCUT2D eigenvalue weighted by molar-refractivity contribution is -0.123. The van der Waals surface area contributed by atoms with Crippen LogP contribution in [0.1, 0.15) is 48.2 Å². The van der Waals surface area contributed by atoms with Crippen LogP contribution in [0.5, 0.6) is 11.5 Å². The topological polar surface area (TPSA) is 65.4 Å². The smallest absolute Gasteiger partial charge is 0.257 e. The summed E-state index contributed by atoms with van der Waals surface area (Å²) < 4.78 is 14.0. The monoisotopic (exact) mass is 547 g/mol. The number of unbranched alkanes of at least 4 members (excludes halogenated alkanes) is 2. The Morgan fingerprint density at radius 2 is 1.77 bits per heavy atom. The van der Waals surface area contributed by atoms with Gasteiger partial charge < -0.3 is 19.4 Å². The number of amides is 1. The molecule has 0 bridgehead atoms. The predicted molar refractivity (Wildman–Crippen MR) is 158 cm³/mol. The highest BCUT2D eigenvalue weighted by molar-refractivity contribution is 6.31. The maximum absolute atomic E-state index is 12.2. The molecule has 4 aromatic rings. The fourth-order valence-electron chi connectivity index (χ4n) is 4.56. The Kier molecular flexibility index (Phi) is 10.3. The molecule has 0 atom stereocenters. The summed E-state index contributed by atoms with van der Waals surface area (Å²) in [6.45, 7) is 8.13. The minimum Gasteiger partial charge on any atom is -0.494 e. The van der Waals surface area contributed by atoms with Crippen molar-refractivity contribution in [3.63, 3.8) is 0 Å². The van der Waals surface area contributed by atoms with Gasteiger partial charge in [-0.05, 0) is 93.1 Å². The summed E-state index contributed by atoms with van der Waals surface area (Å²) in [5.74, 6) is 2.62. The number of aryl methyl sites for hydroxylation is 5. The number of rotatable bonds is 14. The molecule has 1 aromatic heterocycles. The van der Waals surface area contributed by atoms with Crippen molar-refractivity contribution < 1.29 is 14.3 Å². The molecule has 206 valence electrons. The zero-order valence-corrected chi connectivity index (χ0v) is 23.9. The maximum Gasteiger partial charge on any atom is 0.257 e. The number of ether oxygens (including phenoxy) is 2. The summed E-state index contributed by atoms with van der Waals surface area (Å²) in [7, 11) is 0. The molecule has 1 amide bonds. The molecule has 1 N–H and O–H groups in total. The van der Waals surface area contributed by atoms with E-state index in [1.54, 1.807) is 0 Å². The zero-order valence-electron chi connectivity index (χ0n) is 23.1. The fraction of sp³-hybridized carbons (Fsp3) is 0.375. The lowest BCUT2D eigenvalue weighted by Crippen LogP contribution is -2.29. The second-order valence-electron chi connectivity index (χ2n) is 10.00. The number of para-hydroxylation sites is 2. The number of fused-ring (bicyclic) bond motifs is 1. The van der Waals surface area contributed by atoms with Gasteiger partial charge >= 0.3 is 0 Å². The van der Waals surface area contributed by atoms with Crippen LogP contribution in [0, 0.1) is 20.8 Å². The van der Waals surface area contributed by atoms with E-state index in [4.69, 9.17) is 26.1 Å². The summed E-state index contributed by atoms with van der Waals surface area (Å²) in [5.41, 5.74) is 5.35. The first kappa shape index (κ1) is 28.5. The molecule has 0 radical (unpaired) electrons. The normalized spacial score (nSPS) is 11.1.